The summed E-state index contributed by atoms with van der Waals surface area (Å²) in [7, 11) is 0. The highest BCUT2D eigenvalue weighted by Gasteiger charge is 1.90. The van der Waals surface area contributed by atoms with E-state index >= 15 is 0 Å². The van der Waals surface area contributed by atoms with Gasteiger partial charge >= 0.3 is 0 Å². The van der Waals surface area contributed by atoms with Crippen LogP contribution in [0.4, 0.5) is 0 Å². The van der Waals surface area contributed by atoms with Crippen molar-refractivity contribution in [2.45, 2.75) is 19.8 Å². The van der Waals surface area contributed by atoms with Gasteiger partial charge in [0.25, 0.3) is 0 Å². The van der Waals surface area contributed by atoms with E-state index in [4.69, 9.17) is 6.92 Å². The molecule has 0 saturated heterocycles. The van der Waals surface area contributed by atoms with Crippen LogP contribution in [-0.4, -0.2) is 0 Å². The van der Waals surface area contributed by atoms with E-state index in [0.717, 1.165) is 12.8 Å². The van der Waals surface area contributed by atoms with Gasteiger partial charge in [0.1, 0.15) is 0 Å². The molecule has 0 aromatic rings. The van der Waals surface area contributed by atoms with Crippen molar-refractivity contribution in [1.29, 1.82) is 0 Å². The van der Waals surface area contributed by atoms with Gasteiger partial charge in [-0.2, -0.15) is 0 Å². The molecule has 0 saturated carbocycles. The molecule has 0 heteroatoms. The van der Waals surface area contributed by atoms with E-state index in [1.807, 2.05) is 6.08 Å². The minimum atomic E-state index is 0.609. The number of hydrogen-bond acceptors (Lipinski definition) is 0. The van der Waals surface area contributed by atoms with Gasteiger partial charge in [-0.3, -0.25) is 0 Å². The molecule has 0 fully saturated rings. The third kappa shape index (κ3) is 3.57. The van der Waals surface area contributed by atoms with Crippen molar-refractivity contribution in [3.05, 3.63) is 19.6 Å². The molecule has 0 amide bonds. The van der Waals surface area contributed by atoms with Crippen molar-refractivity contribution in [2.24, 2.45) is 5.92 Å². The van der Waals surface area contributed by atoms with Crippen LogP contribution in [0.1, 0.15) is 19.8 Å². The molecule has 0 aromatic carbocycles. The molecule has 0 aromatic heterocycles. The molecule has 0 nitrogen and oxygen atoms in total. The Labute approximate surface area is 46.2 Å². The first kappa shape index (κ1) is 6.74. The van der Waals surface area contributed by atoms with E-state index in [2.05, 4.69) is 13.5 Å². The predicted molar refractivity (Wildman–Crippen MR) is 32.9 cm³/mol. The van der Waals surface area contributed by atoms with Crippen molar-refractivity contribution in [3.63, 3.8) is 0 Å². The summed E-state index contributed by atoms with van der Waals surface area (Å²) in [4.78, 5) is 0. The Balaban J connectivity index is 2.98. The molecule has 2 radical (unpaired) electrons. The van der Waals surface area contributed by atoms with Gasteiger partial charge in [0, 0.05) is 0 Å². The van der Waals surface area contributed by atoms with Crippen LogP contribution >= 0.6 is 0 Å². The Bertz CT molecular complexity index is 46.0. The maximum Gasteiger partial charge on any atom is -0.0327 e. The van der Waals surface area contributed by atoms with Gasteiger partial charge in [-0.15, -0.1) is 6.58 Å². The lowest BCUT2D eigenvalue weighted by Gasteiger charge is -1.99. The maximum atomic E-state index is 5.31. The van der Waals surface area contributed by atoms with Crippen LogP contribution in [0, 0.1) is 12.8 Å². The molecule has 0 rings (SSSR count). The zero-order valence-corrected chi connectivity index (χ0v) is 4.85. The van der Waals surface area contributed by atoms with Gasteiger partial charge in [0.2, 0.25) is 0 Å². The SMILES string of the molecule is [CH]CC(C)CC=C. The number of hydrogen-bond donors (Lipinski definition) is 0. The molecule has 0 aliphatic carbocycles. The lowest BCUT2D eigenvalue weighted by molar-refractivity contribution is 0.602. The summed E-state index contributed by atoms with van der Waals surface area (Å²) in [5.74, 6) is 0.609. The van der Waals surface area contributed by atoms with Crippen molar-refractivity contribution in [2.75, 3.05) is 0 Å². The van der Waals surface area contributed by atoms with Gasteiger partial charge in [-0.1, -0.05) is 13.0 Å². The summed E-state index contributed by atoms with van der Waals surface area (Å²) in [6.45, 7) is 11.0. The molecule has 0 aliphatic rings. The van der Waals surface area contributed by atoms with E-state index in [9.17, 15) is 0 Å². The molecular formula is C7H12. The summed E-state index contributed by atoms with van der Waals surface area (Å²) in [5, 5.41) is 0. The van der Waals surface area contributed by atoms with Crippen LogP contribution in [0.25, 0.3) is 0 Å². The highest BCUT2D eigenvalue weighted by Crippen LogP contribution is 2.04. The largest absolute Gasteiger partial charge is 0.103 e. The van der Waals surface area contributed by atoms with Gasteiger partial charge in [-0.05, 0) is 25.7 Å². The summed E-state index contributed by atoms with van der Waals surface area (Å²) in [6.07, 6.45) is 3.71. The van der Waals surface area contributed by atoms with Gasteiger partial charge in [0.15, 0.2) is 0 Å². The normalized spacial score (nSPS) is 13.4. The van der Waals surface area contributed by atoms with Crippen LogP contribution in [0.3, 0.4) is 0 Å². The Hall–Kier alpha value is -0.260. The first-order chi connectivity index (χ1) is 3.31. The van der Waals surface area contributed by atoms with E-state index in [1.165, 1.54) is 0 Å². The fourth-order valence-corrected chi connectivity index (χ4v) is 0.381. The van der Waals surface area contributed by atoms with Crippen molar-refractivity contribution >= 4 is 0 Å². The van der Waals surface area contributed by atoms with Crippen LogP contribution < -0.4 is 0 Å². The Morgan fingerprint density at radius 1 is 1.86 bits per heavy atom. The topological polar surface area (TPSA) is 0 Å². The minimum absolute atomic E-state index is 0.609. The summed E-state index contributed by atoms with van der Waals surface area (Å²) in [5.41, 5.74) is 0. The molecule has 1 atom stereocenters. The highest BCUT2D eigenvalue weighted by molar-refractivity contribution is 4.70. The Morgan fingerprint density at radius 2 is 2.43 bits per heavy atom. The monoisotopic (exact) mass is 96.1 g/mol. The molecular weight excluding hydrogens is 84.1 g/mol. The summed E-state index contributed by atoms with van der Waals surface area (Å²) in [6, 6.07) is 0. The summed E-state index contributed by atoms with van der Waals surface area (Å²) < 4.78 is 0. The van der Waals surface area contributed by atoms with Crippen LogP contribution in [-0.2, 0) is 0 Å². The highest BCUT2D eigenvalue weighted by atomic mass is 14.0. The van der Waals surface area contributed by atoms with E-state index in [-0.39, 0.29) is 0 Å². The number of rotatable bonds is 3. The van der Waals surface area contributed by atoms with E-state index in [1.54, 1.807) is 0 Å². The lowest BCUT2D eigenvalue weighted by atomic mass is 10.1. The third-order valence-corrected chi connectivity index (χ3v) is 0.971. The molecule has 0 bridgehead atoms. The average molecular weight is 96.2 g/mol. The van der Waals surface area contributed by atoms with Crippen molar-refractivity contribution in [3.8, 4) is 0 Å². The minimum Gasteiger partial charge on any atom is -0.103 e. The molecule has 0 N–H and O–H groups in total. The van der Waals surface area contributed by atoms with Gasteiger partial charge < -0.3 is 0 Å². The van der Waals surface area contributed by atoms with Crippen LogP contribution in [0.2, 0.25) is 0 Å². The van der Waals surface area contributed by atoms with Crippen molar-refractivity contribution in [1.82, 2.24) is 0 Å². The van der Waals surface area contributed by atoms with Gasteiger partial charge in [0.05, 0.1) is 0 Å². The quantitative estimate of drug-likeness (QED) is 0.473. The van der Waals surface area contributed by atoms with Crippen molar-refractivity contribution < 1.29 is 0 Å². The fraction of sp³-hybridized carbons (Fsp3) is 0.571. The second kappa shape index (κ2) is 3.91. The standard InChI is InChI=1S/C7H12/c1-4-6-7(3)5-2/h2,4,7H,1,5-6H2,3H3. The van der Waals surface area contributed by atoms with Crippen LogP contribution in [0.5, 0.6) is 0 Å². The predicted octanol–water partition coefficient (Wildman–Crippen LogP) is 2.30. The first-order valence-corrected chi connectivity index (χ1v) is 2.62. The fourth-order valence-electron chi connectivity index (χ4n) is 0.381. The molecule has 0 heterocycles. The second-order valence-electron chi connectivity index (χ2n) is 1.87. The second-order valence-corrected chi connectivity index (χ2v) is 1.87. The Kier molecular flexibility index (Phi) is 3.77. The third-order valence-electron chi connectivity index (χ3n) is 0.971. The van der Waals surface area contributed by atoms with Gasteiger partial charge in [-0.25, -0.2) is 0 Å². The first-order valence-electron chi connectivity index (χ1n) is 2.62. The molecule has 1 unspecified atom stereocenters. The average Bonchev–Trinajstić information content (AvgIpc) is 1.68. The molecule has 0 spiro atoms. The summed E-state index contributed by atoms with van der Waals surface area (Å²) >= 11 is 0. The van der Waals surface area contributed by atoms with E-state index in [0.29, 0.717) is 5.92 Å². The van der Waals surface area contributed by atoms with Crippen LogP contribution in [0.15, 0.2) is 12.7 Å². The molecule has 40 valence electrons. The smallest absolute Gasteiger partial charge is 0.0327 e. The molecule has 7 heavy (non-hydrogen) atoms. The zero-order valence-electron chi connectivity index (χ0n) is 4.85. The Morgan fingerprint density at radius 3 is 2.57 bits per heavy atom. The lowest BCUT2D eigenvalue weighted by Crippen LogP contribution is -1.86. The zero-order chi connectivity index (χ0) is 5.70. The maximum absolute atomic E-state index is 5.31. The van der Waals surface area contributed by atoms with E-state index < -0.39 is 0 Å². The number of allylic oxidation sites excluding steroid dienone is 1. The molecule has 0 aliphatic heterocycles.